The van der Waals surface area contributed by atoms with Gasteiger partial charge in [0.25, 0.3) is 0 Å². The Labute approximate surface area is 179 Å². The smallest absolute Gasteiger partial charge is 0.232 e. The summed E-state index contributed by atoms with van der Waals surface area (Å²) in [5.41, 5.74) is 2.22. The van der Waals surface area contributed by atoms with Crippen LogP contribution in [0.4, 0.5) is 10.1 Å². The fourth-order valence-electron chi connectivity index (χ4n) is 4.35. The minimum atomic E-state index is -0.448. The molecule has 0 aromatic heterocycles. The van der Waals surface area contributed by atoms with E-state index in [1.165, 1.54) is 12.1 Å². The highest BCUT2D eigenvalue weighted by Gasteiger charge is 2.44. The molecule has 0 bridgehead atoms. The van der Waals surface area contributed by atoms with Crippen molar-refractivity contribution in [1.29, 1.82) is 0 Å². The van der Waals surface area contributed by atoms with Crippen LogP contribution in [0, 0.1) is 11.2 Å². The van der Waals surface area contributed by atoms with Gasteiger partial charge in [-0.15, -0.1) is 0 Å². The van der Waals surface area contributed by atoms with Crippen LogP contribution in [0.3, 0.4) is 0 Å². The molecule has 1 atom stereocenters. The van der Waals surface area contributed by atoms with E-state index < -0.39 is 5.92 Å². The average molecular weight is 432 g/mol. The number of Topliss-reactive ketones (excluding diaryl/α,β-unsaturated/α-hetero) is 1. The summed E-state index contributed by atoms with van der Waals surface area (Å²) in [4.78, 5) is 28.0. The first-order valence-corrected chi connectivity index (χ1v) is 10.2. The van der Waals surface area contributed by atoms with Gasteiger partial charge < -0.3 is 0 Å². The van der Waals surface area contributed by atoms with E-state index in [9.17, 15) is 14.0 Å². The lowest BCUT2D eigenvalue weighted by atomic mass is 9.69. The van der Waals surface area contributed by atoms with Crippen LogP contribution in [-0.4, -0.2) is 11.7 Å². The largest absolute Gasteiger partial charge is 0.294 e. The van der Waals surface area contributed by atoms with Crippen LogP contribution < -0.4 is 4.90 Å². The van der Waals surface area contributed by atoms with E-state index >= 15 is 0 Å². The van der Waals surface area contributed by atoms with Crippen molar-refractivity contribution >= 4 is 40.6 Å². The fourth-order valence-corrected chi connectivity index (χ4v) is 4.64. The van der Waals surface area contributed by atoms with E-state index in [4.69, 9.17) is 23.2 Å². The van der Waals surface area contributed by atoms with Gasteiger partial charge >= 0.3 is 0 Å². The first-order chi connectivity index (χ1) is 13.7. The predicted molar refractivity (Wildman–Crippen MR) is 113 cm³/mol. The summed E-state index contributed by atoms with van der Waals surface area (Å²) in [6, 6.07) is 11.2. The van der Waals surface area contributed by atoms with Gasteiger partial charge in [-0.3, -0.25) is 14.5 Å². The Kier molecular flexibility index (Phi) is 5.04. The van der Waals surface area contributed by atoms with Crippen molar-refractivity contribution in [3.63, 3.8) is 0 Å². The Morgan fingerprint density at radius 2 is 1.79 bits per heavy atom. The molecule has 0 saturated heterocycles. The van der Waals surface area contributed by atoms with Crippen LogP contribution >= 0.6 is 23.2 Å². The van der Waals surface area contributed by atoms with Crippen molar-refractivity contribution in [2.45, 2.75) is 39.0 Å². The lowest BCUT2D eigenvalue weighted by Gasteiger charge is -2.43. The molecule has 1 aliphatic carbocycles. The molecule has 0 N–H and O–H groups in total. The Morgan fingerprint density at radius 3 is 2.48 bits per heavy atom. The summed E-state index contributed by atoms with van der Waals surface area (Å²) >= 11 is 12.2. The van der Waals surface area contributed by atoms with Crippen molar-refractivity contribution in [3.05, 3.63) is 75.2 Å². The van der Waals surface area contributed by atoms with Gasteiger partial charge in [-0.1, -0.05) is 49.2 Å². The Bertz CT molecular complexity index is 1060. The maximum absolute atomic E-state index is 13.9. The van der Waals surface area contributed by atoms with Gasteiger partial charge in [-0.05, 0) is 47.7 Å². The van der Waals surface area contributed by atoms with Gasteiger partial charge in [0.05, 0.1) is 15.7 Å². The molecule has 0 fully saturated rings. The van der Waals surface area contributed by atoms with Gasteiger partial charge in [-0.25, -0.2) is 4.39 Å². The minimum Gasteiger partial charge on any atom is -0.294 e. The molecule has 2 aromatic carbocycles. The summed E-state index contributed by atoms with van der Waals surface area (Å²) in [6.07, 6.45) is 1.04. The van der Waals surface area contributed by atoms with Crippen LogP contribution in [0.15, 0.2) is 53.7 Å². The lowest BCUT2D eigenvalue weighted by Crippen LogP contribution is -2.43. The van der Waals surface area contributed by atoms with Crippen LogP contribution in [-0.2, 0) is 9.59 Å². The zero-order valence-corrected chi connectivity index (χ0v) is 17.6. The number of allylic oxidation sites excluding steroid dienone is 2. The van der Waals surface area contributed by atoms with E-state index in [1.807, 2.05) is 13.8 Å². The standard InChI is InChI=1S/C23H20Cl2FNO2/c1-23(2)11-19-22(20(28)12-23)16(13-4-3-5-14(26)8-13)10-21(29)27(19)15-6-7-17(24)18(25)9-15/h3-9,16H,10-12H2,1-2H3. The lowest BCUT2D eigenvalue weighted by molar-refractivity contribution is -0.121. The molecular weight excluding hydrogens is 412 g/mol. The maximum atomic E-state index is 13.9. The van der Waals surface area contributed by atoms with Crippen LogP contribution in [0.25, 0.3) is 0 Å². The Morgan fingerprint density at radius 1 is 1.03 bits per heavy atom. The van der Waals surface area contributed by atoms with Gasteiger partial charge in [0.15, 0.2) is 5.78 Å². The van der Waals surface area contributed by atoms with Gasteiger partial charge in [0.1, 0.15) is 5.82 Å². The summed E-state index contributed by atoms with van der Waals surface area (Å²) in [5, 5.41) is 0.736. The second-order valence-electron chi connectivity index (χ2n) is 8.44. The molecule has 0 radical (unpaired) electrons. The summed E-state index contributed by atoms with van der Waals surface area (Å²) in [7, 11) is 0. The number of ketones is 1. The van der Waals surface area contributed by atoms with E-state index in [2.05, 4.69) is 0 Å². The summed E-state index contributed by atoms with van der Waals surface area (Å²) in [6.45, 7) is 4.02. The number of benzene rings is 2. The minimum absolute atomic E-state index is 0.00284. The highest BCUT2D eigenvalue weighted by atomic mass is 35.5. The van der Waals surface area contributed by atoms with Crippen molar-refractivity contribution in [2.75, 3.05) is 4.90 Å². The van der Waals surface area contributed by atoms with Gasteiger partial charge in [-0.2, -0.15) is 0 Å². The molecule has 29 heavy (non-hydrogen) atoms. The molecule has 3 nitrogen and oxygen atoms in total. The Balaban J connectivity index is 1.91. The molecule has 2 aliphatic rings. The summed E-state index contributed by atoms with van der Waals surface area (Å²) in [5.74, 6) is -0.978. The number of halogens is 3. The zero-order chi connectivity index (χ0) is 20.9. The quantitative estimate of drug-likeness (QED) is 0.559. The van der Waals surface area contributed by atoms with Crippen LogP contribution in [0.2, 0.25) is 10.0 Å². The molecule has 150 valence electrons. The number of hydrogen-bond donors (Lipinski definition) is 0. The molecule has 1 heterocycles. The number of carbonyl (C=O) groups is 2. The van der Waals surface area contributed by atoms with Gasteiger partial charge in [0.2, 0.25) is 5.91 Å². The number of nitrogens with zero attached hydrogens (tertiary/aromatic N) is 1. The molecule has 0 saturated carbocycles. The monoisotopic (exact) mass is 431 g/mol. The number of carbonyl (C=O) groups excluding carboxylic acids is 2. The third-order valence-corrected chi connectivity index (χ3v) is 6.29. The van der Waals surface area contributed by atoms with E-state index in [0.717, 1.165) is 0 Å². The number of anilines is 1. The SMILES string of the molecule is CC1(C)CC(=O)C2=C(C1)N(c1ccc(Cl)c(Cl)c1)C(=O)CC2c1cccc(F)c1. The first-order valence-electron chi connectivity index (χ1n) is 9.46. The van der Waals surface area contributed by atoms with E-state index in [-0.39, 0.29) is 29.3 Å². The fraction of sp³-hybridized carbons (Fsp3) is 0.304. The van der Waals surface area contributed by atoms with Gasteiger partial charge in [0, 0.05) is 30.0 Å². The topological polar surface area (TPSA) is 37.4 Å². The van der Waals surface area contributed by atoms with E-state index in [1.54, 1.807) is 35.2 Å². The molecule has 2 aromatic rings. The van der Waals surface area contributed by atoms with Crippen molar-refractivity contribution in [3.8, 4) is 0 Å². The highest BCUT2D eigenvalue weighted by Crippen LogP contribution is 2.48. The van der Waals surface area contributed by atoms with Crippen molar-refractivity contribution in [2.24, 2.45) is 5.41 Å². The summed E-state index contributed by atoms with van der Waals surface area (Å²) < 4.78 is 13.9. The molecule has 4 rings (SSSR count). The maximum Gasteiger partial charge on any atom is 0.232 e. The van der Waals surface area contributed by atoms with E-state index in [0.29, 0.717) is 45.4 Å². The first kappa shape index (κ1) is 20.1. The second-order valence-corrected chi connectivity index (χ2v) is 9.25. The number of rotatable bonds is 2. The van der Waals surface area contributed by atoms with Crippen LogP contribution in [0.5, 0.6) is 0 Å². The highest BCUT2D eigenvalue weighted by molar-refractivity contribution is 6.42. The van der Waals surface area contributed by atoms with Crippen molar-refractivity contribution < 1.29 is 14.0 Å². The molecule has 0 spiro atoms. The Hall–Kier alpha value is -2.17. The van der Waals surface area contributed by atoms with Crippen molar-refractivity contribution in [1.82, 2.24) is 0 Å². The molecule has 1 amide bonds. The number of hydrogen-bond acceptors (Lipinski definition) is 2. The number of amides is 1. The zero-order valence-electron chi connectivity index (χ0n) is 16.1. The molecule has 1 unspecified atom stereocenters. The molecule has 1 aliphatic heterocycles. The predicted octanol–water partition coefficient (Wildman–Crippen LogP) is 6.30. The normalized spacial score (nSPS) is 21.4. The second kappa shape index (κ2) is 7.26. The third kappa shape index (κ3) is 3.72. The molecular formula is C23H20Cl2FNO2. The van der Waals surface area contributed by atoms with Crippen LogP contribution in [0.1, 0.15) is 44.6 Å². The molecule has 6 heteroatoms. The average Bonchev–Trinajstić information content (AvgIpc) is 2.62. The third-order valence-electron chi connectivity index (χ3n) is 5.56.